The monoisotopic (exact) mass is 276 g/mol. The van der Waals surface area contributed by atoms with Crippen molar-refractivity contribution < 1.29 is 14.2 Å². The fraction of sp³-hybridized carbons (Fsp3) is 0.400. The fourth-order valence-corrected chi connectivity index (χ4v) is 2.12. The van der Waals surface area contributed by atoms with Gasteiger partial charge in [-0.1, -0.05) is 0 Å². The van der Waals surface area contributed by atoms with Crippen molar-refractivity contribution in [1.82, 2.24) is 9.55 Å². The second-order valence-corrected chi connectivity index (χ2v) is 4.18. The summed E-state index contributed by atoms with van der Waals surface area (Å²) in [6, 6.07) is 3.84. The summed E-state index contributed by atoms with van der Waals surface area (Å²) >= 11 is 0. The topological polar surface area (TPSA) is 45.5 Å². The molecule has 0 amide bonds. The molecule has 1 aromatic carbocycles. The summed E-state index contributed by atoms with van der Waals surface area (Å²) in [5.41, 5.74) is 0.939. The molecule has 0 radical (unpaired) electrons. The molecule has 1 heterocycles. The predicted molar refractivity (Wildman–Crippen MR) is 77.6 cm³/mol. The molecule has 0 atom stereocenters. The van der Waals surface area contributed by atoms with Gasteiger partial charge in [0.1, 0.15) is 5.82 Å². The van der Waals surface area contributed by atoms with Crippen LogP contribution in [0.25, 0.3) is 11.4 Å². The first-order chi connectivity index (χ1) is 9.74. The summed E-state index contributed by atoms with van der Waals surface area (Å²) in [4.78, 5) is 4.39. The van der Waals surface area contributed by atoms with E-state index >= 15 is 0 Å². The summed E-state index contributed by atoms with van der Waals surface area (Å²) in [7, 11) is 3.24. The standard InChI is InChI=1S/C15H20N2O3/c1-5-17-8-7-16-15(17)11-9-12(18-3)14(20-6-2)13(10-11)19-4/h7-10H,5-6H2,1-4H3. The summed E-state index contributed by atoms with van der Waals surface area (Å²) in [5, 5.41) is 0. The maximum Gasteiger partial charge on any atom is 0.203 e. The highest BCUT2D eigenvalue weighted by molar-refractivity contribution is 5.67. The molecule has 0 aliphatic carbocycles. The van der Waals surface area contributed by atoms with Crippen LogP contribution in [0.2, 0.25) is 0 Å². The number of aromatic nitrogens is 2. The molecule has 0 N–H and O–H groups in total. The second kappa shape index (κ2) is 6.32. The Morgan fingerprint density at radius 1 is 1.10 bits per heavy atom. The lowest BCUT2D eigenvalue weighted by Gasteiger charge is -2.15. The zero-order valence-electron chi connectivity index (χ0n) is 12.3. The van der Waals surface area contributed by atoms with Gasteiger partial charge in [-0.3, -0.25) is 0 Å². The lowest BCUT2D eigenvalue weighted by atomic mass is 10.1. The smallest absolute Gasteiger partial charge is 0.203 e. The lowest BCUT2D eigenvalue weighted by Crippen LogP contribution is -2.01. The molecular weight excluding hydrogens is 256 g/mol. The van der Waals surface area contributed by atoms with Crippen molar-refractivity contribution in [3.05, 3.63) is 24.5 Å². The van der Waals surface area contributed by atoms with E-state index in [0.29, 0.717) is 23.9 Å². The predicted octanol–water partition coefficient (Wildman–Crippen LogP) is 2.99. The molecule has 0 bridgehead atoms. The molecule has 20 heavy (non-hydrogen) atoms. The zero-order valence-corrected chi connectivity index (χ0v) is 12.3. The lowest BCUT2D eigenvalue weighted by molar-refractivity contribution is 0.288. The van der Waals surface area contributed by atoms with Crippen molar-refractivity contribution in [2.45, 2.75) is 20.4 Å². The van der Waals surface area contributed by atoms with E-state index in [4.69, 9.17) is 14.2 Å². The molecule has 5 heteroatoms. The van der Waals surface area contributed by atoms with Gasteiger partial charge in [0.2, 0.25) is 5.75 Å². The number of nitrogens with zero attached hydrogens (tertiary/aromatic N) is 2. The van der Waals surface area contributed by atoms with Gasteiger partial charge in [-0.25, -0.2) is 4.98 Å². The van der Waals surface area contributed by atoms with Crippen LogP contribution in [-0.2, 0) is 6.54 Å². The third-order valence-corrected chi connectivity index (χ3v) is 3.06. The number of hydrogen-bond donors (Lipinski definition) is 0. The molecule has 0 saturated heterocycles. The number of hydrogen-bond acceptors (Lipinski definition) is 4. The van der Waals surface area contributed by atoms with Crippen LogP contribution in [0.3, 0.4) is 0 Å². The maximum atomic E-state index is 5.60. The van der Waals surface area contributed by atoms with Crippen molar-refractivity contribution >= 4 is 0 Å². The minimum Gasteiger partial charge on any atom is -0.493 e. The van der Waals surface area contributed by atoms with Gasteiger partial charge in [-0.2, -0.15) is 0 Å². The molecule has 1 aromatic heterocycles. The van der Waals surface area contributed by atoms with Gasteiger partial charge >= 0.3 is 0 Å². The third-order valence-electron chi connectivity index (χ3n) is 3.06. The van der Waals surface area contributed by atoms with Gasteiger partial charge < -0.3 is 18.8 Å². The minimum atomic E-state index is 0.551. The molecule has 2 aromatic rings. The average molecular weight is 276 g/mol. The Hall–Kier alpha value is -2.17. The number of ether oxygens (including phenoxy) is 3. The minimum absolute atomic E-state index is 0.551. The van der Waals surface area contributed by atoms with Gasteiger partial charge in [0.05, 0.1) is 20.8 Å². The van der Waals surface area contributed by atoms with Crippen LogP contribution in [0, 0.1) is 0 Å². The van der Waals surface area contributed by atoms with Crippen molar-refractivity contribution in [1.29, 1.82) is 0 Å². The average Bonchev–Trinajstić information content (AvgIpc) is 2.96. The van der Waals surface area contributed by atoms with E-state index in [0.717, 1.165) is 17.9 Å². The third kappa shape index (κ3) is 2.57. The largest absolute Gasteiger partial charge is 0.493 e. The highest BCUT2D eigenvalue weighted by Crippen LogP contribution is 2.41. The molecule has 0 aliphatic rings. The van der Waals surface area contributed by atoms with Crippen LogP contribution in [0.15, 0.2) is 24.5 Å². The van der Waals surface area contributed by atoms with Crippen molar-refractivity contribution in [3.63, 3.8) is 0 Å². The molecule has 0 fully saturated rings. The second-order valence-electron chi connectivity index (χ2n) is 4.18. The van der Waals surface area contributed by atoms with Crippen LogP contribution in [0.1, 0.15) is 13.8 Å². The Bertz CT molecular complexity index is 553. The van der Waals surface area contributed by atoms with Crippen molar-refractivity contribution in [2.75, 3.05) is 20.8 Å². The molecule has 0 unspecified atom stereocenters. The van der Waals surface area contributed by atoms with Crippen LogP contribution in [0.4, 0.5) is 0 Å². The first-order valence-corrected chi connectivity index (χ1v) is 6.65. The fourth-order valence-electron chi connectivity index (χ4n) is 2.12. The Morgan fingerprint density at radius 3 is 2.25 bits per heavy atom. The normalized spacial score (nSPS) is 10.4. The van der Waals surface area contributed by atoms with Crippen molar-refractivity contribution in [3.8, 4) is 28.6 Å². The number of benzene rings is 1. The molecular formula is C15H20N2O3. The van der Waals surface area contributed by atoms with Gasteiger partial charge in [0.15, 0.2) is 11.5 Å². The Morgan fingerprint density at radius 2 is 1.75 bits per heavy atom. The zero-order chi connectivity index (χ0) is 14.5. The van der Waals surface area contributed by atoms with E-state index in [1.165, 1.54) is 0 Å². The Labute approximate surface area is 119 Å². The Balaban J connectivity index is 2.55. The summed E-state index contributed by atoms with van der Waals surface area (Å²) in [6.45, 7) is 5.41. The van der Waals surface area contributed by atoms with Gasteiger partial charge in [0.25, 0.3) is 0 Å². The van der Waals surface area contributed by atoms with Crippen LogP contribution in [0.5, 0.6) is 17.2 Å². The van der Waals surface area contributed by atoms with E-state index in [9.17, 15) is 0 Å². The molecule has 108 valence electrons. The molecule has 0 spiro atoms. The molecule has 0 saturated carbocycles. The number of rotatable bonds is 6. The highest BCUT2D eigenvalue weighted by Gasteiger charge is 2.16. The number of imidazole rings is 1. The Kier molecular flexibility index (Phi) is 4.50. The van der Waals surface area contributed by atoms with Crippen LogP contribution >= 0.6 is 0 Å². The molecule has 0 aliphatic heterocycles. The summed E-state index contributed by atoms with van der Waals surface area (Å²) in [5.74, 6) is 2.79. The van der Waals surface area contributed by atoms with E-state index in [-0.39, 0.29) is 0 Å². The number of methoxy groups -OCH3 is 2. The van der Waals surface area contributed by atoms with E-state index < -0.39 is 0 Å². The maximum absolute atomic E-state index is 5.60. The first-order valence-electron chi connectivity index (χ1n) is 6.65. The van der Waals surface area contributed by atoms with Crippen molar-refractivity contribution in [2.24, 2.45) is 0 Å². The van der Waals surface area contributed by atoms with E-state index in [2.05, 4.69) is 16.5 Å². The van der Waals surface area contributed by atoms with E-state index in [1.54, 1.807) is 20.4 Å². The number of aryl methyl sites for hydroxylation is 1. The van der Waals surface area contributed by atoms with Gasteiger partial charge in [0, 0.05) is 24.5 Å². The summed E-state index contributed by atoms with van der Waals surface area (Å²) in [6.07, 6.45) is 3.74. The van der Waals surface area contributed by atoms with E-state index in [1.807, 2.05) is 25.3 Å². The quantitative estimate of drug-likeness (QED) is 0.813. The SMILES string of the molecule is CCOc1c(OC)cc(-c2nccn2CC)cc1OC. The van der Waals surface area contributed by atoms with Crippen LogP contribution in [-0.4, -0.2) is 30.4 Å². The van der Waals surface area contributed by atoms with Gasteiger partial charge in [-0.15, -0.1) is 0 Å². The van der Waals surface area contributed by atoms with Gasteiger partial charge in [-0.05, 0) is 26.0 Å². The first kappa shape index (κ1) is 14.2. The molecule has 5 nitrogen and oxygen atoms in total. The highest BCUT2D eigenvalue weighted by atomic mass is 16.5. The van der Waals surface area contributed by atoms with Crippen LogP contribution < -0.4 is 14.2 Å². The summed E-state index contributed by atoms with van der Waals surface area (Å²) < 4.78 is 18.5. The molecule has 2 rings (SSSR count).